The molecule has 1 aromatic carbocycles. The number of fused-ring (bicyclic) bond motifs is 3. The van der Waals surface area contributed by atoms with E-state index in [0.717, 1.165) is 47.3 Å². The summed E-state index contributed by atoms with van der Waals surface area (Å²) in [6.45, 7) is 5.67. The van der Waals surface area contributed by atoms with E-state index < -0.39 is 0 Å². The average molecular weight is 357 g/mol. The largest absolute Gasteiger partial charge is 0.491 e. The lowest BCUT2D eigenvalue weighted by Crippen LogP contribution is -2.03. The highest BCUT2D eigenvalue weighted by atomic mass is 16.5. The SMILES string of the molecule is CCc1nc(CCOc2c[c]cn3c2c(C#N)c2ccccc23)cn1CC. The van der Waals surface area contributed by atoms with Crippen molar-refractivity contribution in [1.82, 2.24) is 14.0 Å². The molecule has 27 heavy (non-hydrogen) atoms. The van der Waals surface area contributed by atoms with E-state index in [2.05, 4.69) is 41.7 Å². The van der Waals surface area contributed by atoms with Crippen LogP contribution in [0.15, 0.2) is 42.7 Å². The Morgan fingerprint density at radius 1 is 1.26 bits per heavy atom. The molecular formula is C22H21N4O. The third kappa shape index (κ3) is 2.93. The molecule has 0 saturated heterocycles. The highest BCUT2D eigenvalue weighted by Gasteiger charge is 2.15. The van der Waals surface area contributed by atoms with E-state index in [1.165, 1.54) is 0 Å². The molecule has 0 unspecified atom stereocenters. The summed E-state index contributed by atoms with van der Waals surface area (Å²) in [7, 11) is 0. The molecule has 0 aliphatic carbocycles. The van der Waals surface area contributed by atoms with Crippen LogP contribution in [0.25, 0.3) is 16.4 Å². The number of hydrogen-bond acceptors (Lipinski definition) is 3. The van der Waals surface area contributed by atoms with Gasteiger partial charge in [-0.1, -0.05) is 25.1 Å². The van der Waals surface area contributed by atoms with Crippen LogP contribution in [0.4, 0.5) is 0 Å². The number of para-hydroxylation sites is 1. The zero-order valence-electron chi connectivity index (χ0n) is 15.6. The predicted molar refractivity (Wildman–Crippen MR) is 105 cm³/mol. The van der Waals surface area contributed by atoms with Crippen molar-refractivity contribution in [3.05, 3.63) is 65.9 Å². The number of nitrogens with zero attached hydrogens (tertiary/aromatic N) is 4. The van der Waals surface area contributed by atoms with E-state index in [4.69, 9.17) is 4.74 Å². The maximum Gasteiger partial charge on any atom is 0.145 e. The minimum Gasteiger partial charge on any atom is -0.491 e. The lowest BCUT2D eigenvalue weighted by molar-refractivity contribution is 0.323. The first-order valence-corrected chi connectivity index (χ1v) is 9.27. The van der Waals surface area contributed by atoms with E-state index in [9.17, 15) is 5.26 Å². The lowest BCUT2D eigenvalue weighted by atomic mass is 10.1. The second-order valence-electron chi connectivity index (χ2n) is 6.41. The van der Waals surface area contributed by atoms with Crippen LogP contribution in [0.2, 0.25) is 0 Å². The second-order valence-corrected chi connectivity index (χ2v) is 6.41. The third-order valence-corrected chi connectivity index (χ3v) is 4.86. The zero-order chi connectivity index (χ0) is 18.8. The zero-order valence-corrected chi connectivity index (χ0v) is 15.6. The summed E-state index contributed by atoms with van der Waals surface area (Å²) in [5, 5.41) is 10.6. The second kappa shape index (κ2) is 7.16. The fourth-order valence-electron chi connectivity index (χ4n) is 3.57. The van der Waals surface area contributed by atoms with Crippen LogP contribution >= 0.6 is 0 Å². The summed E-state index contributed by atoms with van der Waals surface area (Å²) in [6.07, 6.45) is 5.59. The van der Waals surface area contributed by atoms with Crippen molar-refractivity contribution in [3.63, 3.8) is 0 Å². The number of rotatable bonds is 6. The molecule has 4 aromatic rings. The van der Waals surface area contributed by atoms with Crippen molar-refractivity contribution in [3.8, 4) is 11.8 Å². The van der Waals surface area contributed by atoms with Gasteiger partial charge in [0.05, 0.1) is 23.4 Å². The van der Waals surface area contributed by atoms with Crippen molar-refractivity contribution < 1.29 is 4.74 Å². The Balaban J connectivity index is 1.63. The molecule has 0 atom stereocenters. The van der Waals surface area contributed by atoms with E-state index in [-0.39, 0.29) is 0 Å². The summed E-state index contributed by atoms with van der Waals surface area (Å²) in [5.74, 6) is 1.78. The number of ether oxygens (including phenoxy) is 1. The van der Waals surface area contributed by atoms with Crippen molar-refractivity contribution in [2.75, 3.05) is 6.61 Å². The summed E-state index contributed by atoms with van der Waals surface area (Å²) >= 11 is 0. The van der Waals surface area contributed by atoms with Gasteiger partial charge in [-0.3, -0.25) is 0 Å². The van der Waals surface area contributed by atoms with E-state index in [0.29, 0.717) is 17.9 Å². The van der Waals surface area contributed by atoms with Crippen LogP contribution < -0.4 is 4.74 Å². The fourth-order valence-corrected chi connectivity index (χ4v) is 3.57. The van der Waals surface area contributed by atoms with Crippen LogP contribution in [-0.2, 0) is 19.4 Å². The molecule has 0 fully saturated rings. The van der Waals surface area contributed by atoms with Crippen molar-refractivity contribution in [2.24, 2.45) is 0 Å². The number of pyridine rings is 1. The first-order valence-electron chi connectivity index (χ1n) is 9.27. The molecule has 0 amide bonds. The molecule has 5 nitrogen and oxygen atoms in total. The van der Waals surface area contributed by atoms with Gasteiger partial charge >= 0.3 is 0 Å². The minimum atomic E-state index is 0.504. The van der Waals surface area contributed by atoms with Gasteiger partial charge in [-0.25, -0.2) is 4.98 Å². The Bertz CT molecular complexity index is 1120. The highest BCUT2D eigenvalue weighted by Crippen LogP contribution is 2.32. The van der Waals surface area contributed by atoms with E-state index in [1.54, 1.807) is 6.07 Å². The smallest absolute Gasteiger partial charge is 0.145 e. The van der Waals surface area contributed by atoms with E-state index >= 15 is 0 Å². The lowest BCUT2D eigenvalue weighted by Gasteiger charge is -2.07. The Morgan fingerprint density at radius 3 is 2.85 bits per heavy atom. The van der Waals surface area contributed by atoms with Crippen molar-refractivity contribution in [1.29, 1.82) is 5.26 Å². The fraction of sp³-hybridized carbons (Fsp3) is 0.273. The Kier molecular flexibility index (Phi) is 4.55. The molecule has 0 spiro atoms. The standard InChI is InChI=1S/C22H21N4O/c1-3-21-24-16(15-25(21)4-2)11-13-27-20-10-7-12-26-19-9-6-5-8-17(19)18(14-23)22(20)26/h5-6,8-10,12,15H,3-4,11,13H2,1-2H3. The average Bonchev–Trinajstić information content (AvgIpc) is 3.26. The van der Waals surface area contributed by atoms with Gasteiger partial charge in [0.15, 0.2) is 0 Å². The van der Waals surface area contributed by atoms with Crippen LogP contribution in [0.3, 0.4) is 0 Å². The van der Waals surface area contributed by atoms with Gasteiger partial charge in [-0.05, 0) is 19.1 Å². The van der Waals surface area contributed by atoms with Crippen LogP contribution in [-0.4, -0.2) is 20.6 Å². The van der Waals surface area contributed by atoms with Crippen LogP contribution in [0.1, 0.15) is 30.9 Å². The Hall–Kier alpha value is -3.26. The minimum absolute atomic E-state index is 0.504. The number of benzene rings is 1. The van der Waals surface area contributed by atoms with Crippen molar-refractivity contribution >= 4 is 16.4 Å². The molecule has 135 valence electrons. The predicted octanol–water partition coefficient (Wildman–Crippen LogP) is 4.16. The first kappa shape index (κ1) is 17.2. The molecule has 3 heterocycles. The molecule has 0 N–H and O–H groups in total. The Morgan fingerprint density at radius 2 is 2.11 bits per heavy atom. The molecule has 5 heteroatoms. The topological polar surface area (TPSA) is 55.2 Å². The van der Waals surface area contributed by atoms with E-state index in [1.807, 2.05) is 34.9 Å². The molecule has 1 radical (unpaired) electrons. The molecule has 0 bridgehead atoms. The number of aryl methyl sites for hydroxylation is 2. The van der Waals surface area contributed by atoms with Gasteiger partial charge in [-0.2, -0.15) is 5.26 Å². The normalized spacial score (nSPS) is 11.1. The maximum atomic E-state index is 9.70. The maximum absolute atomic E-state index is 9.70. The first-order chi connectivity index (χ1) is 13.3. The molecule has 3 aromatic heterocycles. The number of nitriles is 1. The number of imidazole rings is 1. The quantitative estimate of drug-likeness (QED) is 0.520. The molecule has 0 aliphatic heterocycles. The van der Waals surface area contributed by atoms with Gasteiger partial charge in [0.25, 0.3) is 0 Å². The monoisotopic (exact) mass is 357 g/mol. The molecular weight excluding hydrogens is 336 g/mol. The molecule has 0 aliphatic rings. The Labute approximate surface area is 158 Å². The highest BCUT2D eigenvalue weighted by molar-refractivity contribution is 5.97. The van der Waals surface area contributed by atoms with Crippen molar-refractivity contribution in [2.45, 2.75) is 33.2 Å². The number of hydrogen-bond donors (Lipinski definition) is 0. The van der Waals surface area contributed by atoms with Crippen LogP contribution in [0, 0.1) is 17.4 Å². The summed E-state index contributed by atoms with van der Waals surface area (Å²) in [6, 6.07) is 15.2. The summed E-state index contributed by atoms with van der Waals surface area (Å²) < 4.78 is 10.2. The molecule has 0 saturated carbocycles. The van der Waals surface area contributed by atoms with Gasteiger partial charge in [0, 0.05) is 43.2 Å². The van der Waals surface area contributed by atoms with Gasteiger partial charge < -0.3 is 13.7 Å². The number of aromatic nitrogens is 3. The molecule has 4 rings (SSSR count). The third-order valence-electron chi connectivity index (χ3n) is 4.86. The summed E-state index contributed by atoms with van der Waals surface area (Å²) in [4.78, 5) is 4.68. The summed E-state index contributed by atoms with van der Waals surface area (Å²) in [5.41, 5.74) is 3.45. The van der Waals surface area contributed by atoms with Gasteiger partial charge in [0.2, 0.25) is 0 Å². The van der Waals surface area contributed by atoms with Gasteiger partial charge in [-0.15, -0.1) is 0 Å². The van der Waals surface area contributed by atoms with Crippen LogP contribution in [0.5, 0.6) is 5.75 Å². The van der Waals surface area contributed by atoms with Gasteiger partial charge in [0.1, 0.15) is 23.2 Å².